The Hall–Kier alpha value is -0.960. The van der Waals surface area contributed by atoms with Crippen LogP contribution in [0.3, 0.4) is 0 Å². The van der Waals surface area contributed by atoms with Gasteiger partial charge >= 0.3 is 0 Å². The number of rotatable bonds is 5. The highest BCUT2D eigenvalue weighted by molar-refractivity contribution is 5.30. The number of hydrogen-bond acceptors (Lipinski definition) is 1. The van der Waals surface area contributed by atoms with Gasteiger partial charge in [0.15, 0.2) is 0 Å². The van der Waals surface area contributed by atoms with Crippen LogP contribution < -0.4 is 5.32 Å². The molecular formula is C18H27F2N. The molecule has 0 radical (unpaired) electrons. The van der Waals surface area contributed by atoms with Gasteiger partial charge in [-0.2, -0.15) is 0 Å². The second-order valence-corrected chi connectivity index (χ2v) is 7.01. The lowest BCUT2D eigenvalue weighted by atomic mass is 9.70. The van der Waals surface area contributed by atoms with Crippen LogP contribution >= 0.6 is 0 Å². The van der Waals surface area contributed by atoms with E-state index in [1.54, 1.807) is 13.0 Å². The maximum Gasteiger partial charge on any atom is 0.130 e. The zero-order valence-electron chi connectivity index (χ0n) is 13.6. The van der Waals surface area contributed by atoms with E-state index in [9.17, 15) is 8.78 Å². The zero-order valence-corrected chi connectivity index (χ0v) is 13.6. The van der Waals surface area contributed by atoms with Gasteiger partial charge in [0.25, 0.3) is 0 Å². The molecule has 118 valence electrons. The molecule has 1 fully saturated rings. The fourth-order valence-corrected chi connectivity index (χ4v) is 4.20. The van der Waals surface area contributed by atoms with E-state index in [-0.39, 0.29) is 11.5 Å². The van der Waals surface area contributed by atoms with Crippen LogP contribution in [0.1, 0.15) is 63.1 Å². The van der Waals surface area contributed by atoms with E-state index >= 15 is 0 Å². The highest BCUT2D eigenvalue weighted by Crippen LogP contribution is 2.52. The molecule has 1 nitrogen and oxygen atoms in total. The van der Waals surface area contributed by atoms with Crippen molar-refractivity contribution < 1.29 is 8.78 Å². The first-order valence-electron chi connectivity index (χ1n) is 8.02. The molecule has 0 amide bonds. The van der Waals surface area contributed by atoms with E-state index in [1.807, 2.05) is 7.05 Å². The lowest BCUT2D eigenvalue weighted by molar-refractivity contribution is 0.158. The molecule has 0 spiro atoms. The molecule has 1 unspecified atom stereocenters. The van der Waals surface area contributed by atoms with Crippen molar-refractivity contribution in [3.63, 3.8) is 0 Å². The van der Waals surface area contributed by atoms with E-state index in [0.717, 1.165) is 25.3 Å². The minimum Gasteiger partial charge on any atom is -0.312 e. The Balaban J connectivity index is 2.44. The molecule has 21 heavy (non-hydrogen) atoms. The first kappa shape index (κ1) is 16.4. The Morgan fingerprint density at radius 1 is 1.14 bits per heavy atom. The van der Waals surface area contributed by atoms with Gasteiger partial charge in [-0.3, -0.25) is 0 Å². The summed E-state index contributed by atoms with van der Waals surface area (Å²) in [7, 11) is 1.89. The summed E-state index contributed by atoms with van der Waals surface area (Å²) in [5.74, 6) is -0.313. The van der Waals surface area contributed by atoms with Crippen LogP contribution in [-0.2, 0) is 0 Å². The summed E-state index contributed by atoms with van der Waals surface area (Å²) >= 11 is 0. The molecule has 1 aromatic rings. The van der Waals surface area contributed by atoms with Gasteiger partial charge in [-0.1, -0.05) is 26.7 Å². The van der Waals surface area contributed by atoms with Crippen LogP contribution in [0.5, 0.6) is 0 Å². The Morgan fingerprint density at radius 2 is 1.76 bits per heavy atom. The monoisotopic (exact) mass is 295 g/mol. The predicted molar refractivity (Wildman–Crippen MR) is 83.3 cm³/mol. The Bertz CT molecular complexity index is 490. The molecule has 0 heterocycles. The molecule has 1 aliphatic rings. The molecular weight excluding hydrogens is 268 g/mol. The Kier molecular flexibility index (Phi) is 5.03. The minimum atomic E-state index is -0.463. The first-order valence-corrected chi connectivity index (χ1v) is 8.02. The van der Waals surface area contributed by atoms with Crippen molar-refractivity contribution in [1.82, 2.24) is 5.32 Å². The highest BCUT2D eigenvalue weighted by Gasteiger charge is 2.42. The Labute approximate surface area is 127 Å². The van der Waals surface area contributed by atoms with Gasteiger partial charge < -0.3 is 5.32 Å². The molecule has 0 saturated heterocycles. The average molecular weight is 295 g/mol. The Morgan fingerprint density at radius 3 is 2.29 bits per heavy atom. The van der Waals surface area contributed by atoms with E-state index in [1.165, 1.54) is 12.8 Å². The summed E-state index contributed by atoms with van der Waals surface area (Å²) in [4.78, 5) is 0. The van der Waals surface area contributed by atoms with Gasteiger partial charge in [0.05, 0.1) is 0 Å². The number of nitrogens with one attached hydrogen (secondary N) is 1. The van der Waals surface area contributed by atoms with Gasteiger partial charge in [0.2, 0.25) is 0 Å². The summed E-state index contributed by atoms with van der Waals surface area (Å²) in [5.41, 5.74) is 1.23. The molecule has 1 saturated carbocycles. The number of aryl methyl sites for hydroxylation is 1. The van der Waals surface area contributed by atoms with Gasteiger partial charge in [-0.25, -0.2) is 8.78 Å². The summed E-state index contributed by atoms with van der Waals surface area (Å²) in [5, 5.41) is 3.33. The standard InChI is InChI=1S/C18H27F2N/c1-12(2)11-18(7-5-6-8-18)17(21-4)14-9-13(3)15(19)10-16(14)20/h9-10,12,17,21H,5-8,11H2,1-4H3. The van der Waals surface area contributed by atoms with Crippen LogP contribution in [0.2, 0.25) is 0 Å². The van der Waals surface area contributed by atoms with E-state index in [4.69, 9.17) is 0 Å². The number of halogens is 2. The maximum atomic E-state index is 14.3. The van der Waals surface area contributed by atoms with Crippen molar-refractivity contribution in [3.05, 3.63) is 34.9 Å². The maximum absolute atomic E-state index is 14.3. The first-order chi connectivity index (χ1) is 9.89. The minimum absolute atomic E-state index is 0.0401. The molecule has 1 atom stereocenters. The highest BCUT2D eigenvalue weighted by atomic mass is 19.1. The topological polar surface area (TPSA) is 12.0 Å². The van der Waals surface area contributed by atoms with Crippen LogP contribution in [0.15, 0.2) is 12.1 Å². The molecule has 0 aliphatic heterocycles. The smallest absolute Gasteiger partial charge is 0.130 e. The summed E-state index contributed by atoms with van der Waals surface area (Å²) in [6.45, 7) is 6.15. The predicted octanol–water partition coefficient (Wildman–Crippen LogP) is 5.14. The number of benzene rings is 1. The third kappa shape index (κ3) is 3.28. The second kappa shape index (κ2) is 6.43. The fraction of sp³-hybridized carbons (Fsp3) is 0.667. The van der Waals surface area contributed by atoms with Crippen molar-refractivity contribution in [1.29, 1.82) is 0 Å². The second-order valence-electron chi connectivity index (χ2n) is 7.01. The van der Waals surface area contributed by atoms with Crippen molar-refractivity contribution in [2.45, 2.75) is 58.9 Å². The van der Waals surface area contributed by atoms with Gasteiger partial charge in [0, 0.05) is 17.7 Å². The van der Waals surface area contributed by atoms with Crippen LogP contribution in [0, 0.1) is 29.9 Å². The van der Waals surface area contributed by atoms with Gasteiger partial charge in [-0.15, -0.1) is 0 Å². The number of hydrogen-bond donors (Lipinski definition) is 1. The molecule has 1 aliphatic carbocycles. The molecule has 0 bridgehead atoms. The zero-order chi connectivity index (χ0) is 15.6. The van der Waals surface area contributed by atoms with Crippen molar-refractivity contribution in [2.75, 3.05) is 7.05 Å². The quantitative estimate of drug-likeness (QED) is 0.793. The van der Waals surface area contributed by atoms with E-state index < -0.39 is 11.6 Å². The molecule has 2 rings (SSSR count). The summed E-state index contributed by atoms with van der Waals surface area (Å²) < 4.78 is 27.9. The van der Waals surface area contributed by atoms with Gasteiger partial charge in [0.1, 0.15) is 11.6 Å². The van der Waals surface area contributed by atoms with Crippen LogP contribution in [0.25, 0.3) is 0 Å². The largest absolute Gasteiger partial charge is 0.312 e. The molecule has 3 heteroatoms. The molecule has 0 aromatic heterocycles. The fourth-order valence-electron chi connectivity index (χ4n) is 4.20. The molecule has 1 aromatic carbocycles. The van der Waals surface area contributed by atoms with Crippen LogP contribution in [0.4, 0.5) is 8.78 Å². The van der Waals surface area contributed by atoms with Crippen molar-refractivity contribution in [3.8, 4) is 0 Å². The average Bonchev–Trinajstić information content (AvgIpc) is 2.84. The summed E-state index contributed by atoms with van der Waals surface area (Å²) in [6, 6.07) is 2.68. The van der Waals surface area contributed by atoms with E-state index in [2.05, 4.69) is 19.2 Å². The third-order valence-electron chi connectivity index (χ3n) is 4.90. The third-order valence-corrected chi connectivity index (χ3v) is 4.90. The van der Waals surface area contributed by atoms with Gasteiger partial charge in [-0.05, 0) is 56.2 Å². The lowest BCUT2D eigenvalue weighted by Gasteiger charge is -2.39. The summed E-state index contributed by atoms with van der Waals surface area (Å²) in [6.07, 6.45) is 5.72. The lowest BCUT2D eigenvalue weighted by Crippen LogP contribution is -2.36. The van der Waals surface area contributed by atoms with Crippen molar-refractivity contribution >= 4 is 0 Å². The molecule has 1 N–H and O–H groups in total. The van der Waals surface area contributed by atoms with Crippen molar-refractivity contribution in [2.24, 2.45) is 11.3 Å². The van der Waals surface area contributed by atoms with E-state index in [0.29, 0.717) is 17.0 Å². The van der Waals surface area contributed by atoms with Crippen LogP contribution in [-0.4, -0.2) is 7.05 Å². The SMILES string of the molecule is CNC(c1cc(C)c(F)cc1F)C1(CC(C)C)CCCC1. The normalized spacial score (nSPS) is 19.2.